The number of anilines is 2. The number of carbonyl (C=O) groups excluding carboxylic acids is 2. The van der Waals surface area contributed by atoms with Gasteiger partial charge >= 0.3 is 0 Å². The van der Waals surface area contributed by atoms with E-state index in [-0.39, 0.29) is 12.2 Å². The van der Waals surface area contributed by atoms with E-state index in [4.69, 9.17) is 39.5 Å². The van der Waals surface area contributed by atoms with Crippen molar-refractivity contribution in [3.8, 4) is 11.8 Å². The summed E-state index contributed by atoms with van der Waals surface area (Å²) in [6.45, 7) is -0.247. The van der Waals surface area contributed by atoms with Gasteiger partial charge in [-0.2, -0.15) is 5.26 Å². The summed E-state index contributed by atoms with van der Waals surface area (Å²) in [7, 11) is 0. The van der Waals surface area contributed by atoms with Crippen molar-refractivity contribution in [2.75, 3.05) is 17.2 Å². The fourth-order valence-electron chi connectivity index (χ4n) is 2.67. The molecule has 0 saturated heterocycles. The van der Waals surface area contributed by atoms with Crippen LogP contribution in [0.2, 0.25) is 15.1 Å². The Balaban J connectivity index is 1.58. The number of hydrogen-bond donors (Lipinski definition) is 2. The van der Waals surface area contributed by atoms with Gasteiger partial charge in [-0.15, -0.1) is 0 Å². The van der Waals surface area contributed by atoms with E-state index >= 15 is 0 Å². The number of nitrogens with one attached hydrogen (secondary N) is 2. The largest absolute Gasteiger partial charge is 0.484 e. The number of nitrogens with zero attached hydrogens (tertiary/aromatic N) is 1. The van der Waals surface area contributed by atoms with Crippen molar-refractivity contribution in [2.24, 2.45) is 0 Å². The van der Waals surface area contributed by atoms with E-state index < -0.39 is 11.8 Å². The third-order valence-electron chi connectivity index (χ3n) is 4.21. The van der Waals surface area contributed by atoms with Crippen molar-refractivity contribution < 1.29 is 14.3 Å². The topological polar surface area (TPSA) is 91.2 Å². The van der Waals surface area contributed by atoms with E-state index in [2.05, 4.69) is 10.6 Å². The van der Waals surface area contributed by atoms with E-state index in [1.165, 1.54) is 12.1 Å². The molecule has 0 aliphatic rings. The predicted octanol–water partition coefficient (Wildman–Crippen LogP) is 6.21. The first-order chi connectivity index (χ1) is 15.8. The molecule has 3 rings (SSSR count). The minimum atomic E-state index is -0.559. The van der Waals surface area contributed by atoms with Crippen LogP contribution in [0, 0.1) is 11.3 Å². The molecule has 0 aliphatic heterocycles. The van der Waals surface area contributed by atoms with Crippen LogP contribution >= 0.6 is 34.8 Å². The summed E-state index contributed by atoms with van der Waals surface area (Å²) in [6, 6.07) is 19.8. The molecule has 2 N–H and O–H groups in total. The molecule has 0 spiro atoms. The lowest BCUT2D eigenvalue weighted by Gasteiger charge is -2.09. The number of halogens is 3. The Morgan fingerprint density at radius 3 is 2.36 bits per heavy atom. The second kappa shape index (κ2) is 11.4. The highest BCUT2D eigenvalue weighted by molar-refractivity contribution is 6.35. The van der Waals surface area contributed by atoms with Crippen molar-refractivity contribution in [1.29, 1.82) is 5.26 Å². The van der Waals surface area contributed by atoms with Gasteiger partial charge in [0.2, 0.25) is 0 Å². The summed E-state index contributed by atoms with van der Waals surface area (Å²) < 4.78 is 5.47. The molecule has 2 amide bonds. The third kappa shape index (κ3) is 7.26. The summed E-state index contributed by atoms with van der Waals surface area (Å²) >= 11 is 17.8. The Labute approximate surface area is 205 Å². The van der Waals surface area contributed by atoms with E-state index in [0.29, 0.717) is 37.8 Å². The third-order valence-corrected chi connectivity index (χ3v) is 5.01. The molecular weight excluding hydrogens is 485 g/mol. The van der Waals surface area contributed by atoms with Crippen molar-refractivity contribution >= 4 is 64.1 Å². The lowest BCUT2D eigenvalue weighted by atomic mass is 10.1. The highest BCUT2D eigenvalue weighted by atomic mass is 35.5. The van der Waals surface area contributed by atoms with Crippen molar-refractivity contribution in [1.82, 2.24) is 0 Å². The summed E-state index contributed by atoms with van der Waals surface area (Å²) in [5, 5.41) is 15.9. The normalized spacial score (nSPS) is 10.8. The first-order valence-electron chi connectivity index (χ1n) is 9.50. The lowest BCUT2D eigenvalue weighted by Crippen LogP contribution is -2.20. The van der Waals surface area contributed by atoms with Crippen LogP contribution in [0.15, 0.2) is 72.3 Å². The smallest absolute Gasteiger partial charge is 0.266 e. The van der Waals surface area contributed by atoms with Crippen LogP contribution in [0.1, 0.15) is 5.56 Å². The van der Waals surface area contributed by atoms with Gasteiger partial charge in [-0.3, -0.25) is 9.59 Å². The zero-order valence-corrected chi connectivity index (χ0v) is 19.2. The average Bonchev–Trinajstić information content (AvgIpc) is 2.79. The SMILES string of the molecule is N#C/C(=C\c1ccc(OCC(=O)Nc2cc(Cl)ccc2Cl)cc1)C(=O)Nc1cccc(Cl)c1. The van der Waals surface area contributed by atoms with Gasteiger partial charge in [-0.1, -0.05) is 53.0 Å². The quantitative estimate of drug-likeness (QED) is 0.298. The Kier molecular flexibility index (Phi) is 8.34. The monoisotopic (exact) mass is 499 g/mol. The number of hydrogen-bond acceptors (Lipinski definition) is 4. The summed E-state index contributed by atoms with van der Waals surface area (Å²) in [6.07, 6.45) is 1.44. The first kappa shape index (κ1) is 24.1. The maximum atomic E-state index is 12.4. The van der Waals surface area contributed by atoms with Gasteiger partial charge in [-0.25, -0.2) is 0 Å². The summed E-state index contributed by atoms with van der Waals surface area (Å²) in [5.74, 6) is -0.537. The summed E-state index contributed by atoms with van der Waals surface area (Å²) in [5.41, 5.74) is 1.39. The molecule has 0 aliphatic carbocycles. The Morgan fingerprint density at radius 2 is 1.67 bits per heavy atom. The maximum absolute atomic E-state index is 12.4. The Hall–Kier alpha value is -3.50. The molecule has 0 saturated carbocycles. The van der Waals surface area contributed by atoms with Crippen LogP contribution in [0.4, 0.5) is 11.4 Å². The van der Waals surface area contributed by atoms with E-state index in [1.807, 2.05) is 6.07 Å². The molecule has 0 heterocycles. The fraction of sp³-hybridized carbons (Fsp3) is 0.0417. The molecule has 9 heteroatoms. The van der Waals surface area contributed by atoms with Gasteiger partial charge in [0.1, 0.15) is 17.4 Å². The number of ether oxygens (including phenoxy) is 1. The first-order valence-corrected chi connectivity index (χ1v) is 10.6. The lowest BCUT2D eigenvalue weighted by molar-refractivity contribution is -0.118. The van der Waals surface area contributed by atoms with Crippen molar-refractivity contribution in [3.63, 3.8) is 0 Å². The number of amides is 2. The van der Waals surface area contributed by atoms with Crippen LogP contribution < -0.4 is 15.4 Å². The molecule has 0 fully saturated rings. The van der Waals surface area contributed by atoms with E-state index in [1.54, 1.807) is 60.7 Å². The molecule has 0 atom stereocenters. The number of benzene rings is 3. The number of nitriles is 1. The van der Waals surface area contributed by atoms with Crippen LogP contribution in [-0.4, -0.2) is 18.4 Å². The molecule has 33 heavy (non-hydrogen) atoms. The highest BCUT2D eigenvalue weighted by Gasteiger charge is 2.11. The second-order valence-corrected chi connectivity index (χ2v) is 7.94. The molecular formula is C24H16Cl3N3O3. The highest BCUT2D eigenvalue weighted by Crippen LogP contribution is 2.25. The zero-order chi connectivity index (χ0) is 23.8. The van der Waals surface area contributed by atoms with Gasteiger partial charge < -0.3 is 15.4 Å². The van der Waals surface area contributed by atoms with Crippen LogP contribution in [-0.2, 0) is 9.59 Å². The van der Waals surface area contributed by atoms with E-state index in [0.717, 1.165) is 0 Å². The number of carbonyl (C=O) groups is 2. The molecule has 0 bridgehead atoms. The van der Waals surface area contributed by atoms with Crippen LogP contribution in [0.25, 0.3) is 6.08 Å². The zero-order valence-electron chi connectivity index (χ0n) is 16.9. The Bertz CT molecular complexity index is 1250. The Morgan fingerprint density at radius 1 is 0.939 bits per heavy atom. The molecule has 166 valence electrons. The van der Waals surface area contributed by atoms with Gasteiger partial charge in [0.05, 0.1) is 10.7 Å². The van der Waals surface area contributed by atoms with E-state index in [9.17, 15) is 14.9 Å². The van der Waals surface area contributed by atoms with Crippen molar-refractivity contribution in [2.45, 2.75) is 0 Å². The van der Waals surface area contributed by atoms with Crippen LogP contribution in [0.3, 0.4) is 0 Å². The standard InChI is InChI=1S/C24H16Cl3N3O3/c25-17-2-1-3-19(11-17)29-24(32)16(13-28)10-15-4-7-20(8-5-15)33-14-23(31)30-22-12-18(26)6-9-21(22)27/h1-12H,14H2,(H,29,32)(H,30,31)/b16-10+. The molecule has 0 aromatic heterocycles. The van der Waals surface area contributed by atoms with Crippen molar-refractivity contribution in [3.05, 3.63) is 92.9 Å². The van der Waals surface area contributed by atoms with Crippen LogP contribution in [0.5, 0.6) is 5.75 Å². The summed E-state index contributed by atoms with van der Waals surface area (Å²) in [4.78, 5) is 24.5. The molecule has 0 radical (unpaired) electrons. The minimum Gasteiger partial charge on any atom is -0.484 e. The average molecular weight is 501 g/mol. The molecule has 3 aromatic carbocycles. The minimum absolute atomic E-state index is 0.0820. The van der Waals surface area contributed by atoms with Gasteiger partial charge in [0.15, 0.2) is 6.61 Å². The second-order valence-electron chi connectivity index (χ2n) is 6.66. The van der Waals surface area contributed by atoms with Gasteiger partial charge in [0, 0.05) is 15.7 Å². The maximum Gasteiger partial charge on any atom is 0.266 e. The fourth-order valence-corrected chi connectivity index (χ4v) is 3.20. The number of rotatable bonds is 7. The molecule has 0 unspecified atom stereocenters. The van der Waals surface area contributed by atoms with Gasteiger partial charge in [0.25, 0.3) is 11.8 Å². The predicted molar refractivity (Wildman–Crippen MR) is 131 cm³/mol. The van der Waals surface area contributed by atoms with Gasteiger partial charge in [-0.05, 0) is 60.2 Å². The molecule has 3 aromatic rings. The molecule has 6 nitrogen and oxygen atoms in total.